The van der Waals surface area contributed by atoms with Crippen molar-refractivity contribution in [2.75, 3.05) is 7.05 Å². The Morgan fingerprint density at radius 3 is 2.17 bits per heavy atom. The topological polar surface area (TPSA) is 188 Å². The molecule has 218 valence electrons. The van der Waals surface area contributed by atoms with Gasteiger partial charge in [-0.15, -0.1) is 0 Å². The first-order valence-electron chi connectivity index (χ1n) is 12.7. The maximum Gasteiger partial charge on any atom is 0.305 e. The minimum atomic E-state index is -1.48. The van der Waals surface area contributed by atoms with Crippen molar-refractivity contribution >= 4 is 47.0 Å². The van der Waals surface area contributed by atoms with Gasteiger partial charge in [-0.25, -0.2) is 0 Å². The number of hydrogen-bond acceptors (Lipinski definition) is 6. The van der Waals surface area contributed by atoms with E-state index in [0.717, 1.165) is 22.3 Å². The zero-order chi connectivity index (χ0) is 30.5. The Labute approximate surface area is 242 Å². The molecule has 2 rings (SSSR count). The van der Waals surface area contributed by atoms with Crippen LogP contribution in [-0.2, 0) is 24.0 Å². The van der Waals surface area contributed by atoms with Crippen molar-refractivity contribution in [3.63, 3.8) is 0 Å². The average molecular weight is 585 g/mol. The summed E-state index contributed by atoms with van der Waals surface area (Å²) in [6.45, 7) is 1.82. The number of amides is 3. The number of carboxylic acids is 2. The number of carboxylic acid groups (broad SMARTS) is 2. The quantitative estimate of drug-likeness (QED) is 0.199. The third-order valence-electron chi connectivity index (χ3n) is 6.05. The number of nitrogens with one attached hydrogen (secondary N) is 2. The van der Waals surface area contributed by atoms with Gasteiger partial charge in [0.2, 0.25) is 17.7 Å². The fourth-order valence-electron chi connectivity index (χ4n) is 3.87. The minimum Gasteiger partial charge on any atom is -0.481 e. The van der Waals surface area contributed by atoms with Crippen LogP contribution in [0.5, 0.6) is 0 Å². The Hall–Kier alpha value is -4.51. The normalized spacial score (nSPS) is 13.1. The van der Waals surface area contributed by atoms with Gasteiger partial charge in [0.25, 0.3) is 0 Å². The van der Waals surface area contributed by atoms with E-state index in [1.165, 1.54) is 0 Å². The van der Waals surface area contributed by atoms with Crippen LogP contribution in [0.2, 0.25) is 5.02 Å². The number of primary amides is 1. The average Bonchev–Trinajstić information content (AvgIpc) is 2.92. The lowest BCUT2D eigenvalue weighted by molar-refractivity contribution is -0.141. The molecule has 2 aromatic carbocycles. The van der Waals surface area contributed by atoms with Crippen molar-refractivity contribution in [3.05, 3.63) is 70.8 Å². The van der Waals surface area contributed by atoms with Crippen LogP contribution >= 0.6 is 11.6 Å². The Balaban J connectivity index is 2.02. The Bertz CT molecular complexity index is 1340. The highest BCUT2D eigenvalue weighted by Gasteiger charge is 2.27. The SMILES string of the molecule is C/N=C(\C=C(/C)CCC(=O)N[C@@H](CC(=O)O)C(=O)N[C@@H](CCC(=O)O)C(N)=O)c1ccc(-c2cccc(Cl)c2)cc1. The molecule has 0 saturated heterocycles. The Morgan fingerprint density at radius 1 is 0.927 bits per heavy atom. The van der Waals surface area contributed by atoms with Crippen LogP contribution in [0, 0.1) is 0 Å². The molecule has 0 radical (unpaired) electrons. The number of carbonyl (C=O) groups excluding carboxylic acids is 3. The van der Waals surface area contributed by atoms with Crippen LogP contribution in [0.1, 0.15) is 44.6 Å². The number of nitrogens with zero attached hydrogens (tertiary/aromatic N) is 1. The van der Waals surface area contributed by atoms with Gasteiger partial charge in [0.15, 0.2) is 0 Å². The van der Waals surface area contributed by atoms with Crippen LogP contribution < -0.4 is 16.4 Å². The van der Waals surface area contributed by atoms with Gasteiger partial charge in [0.05, 0.1) is 12.1 Å². The summed E-state index contributed by atoms with van der Waals surface area (Å²) in [5.74, 6) is -5.07. The van der Waals surface area contributed by atoms with Crippen molar-refractivity contribution in [2.45, 2.75) is 51.1 Å². The fourth-order valence-corrected chi connectivity index (χ4v) is 4.06. The van der Waals surface area contributed by atoms with Crippen molar-refractivity contribution in [1.29, 1.82) is 0 Å². The maximum absolute atomic E-state index is 12.6. The molecular formula is C29H33ClN4O7. The smallest absolute Gasteiger partial charge is 0.305 e. The predicted molar refractivity (Wildman–Crippen MR) is 155 cm³/mol. The van der Waals surface area contributed by atoms with E-state index < -0.39 is 54.6 Å². The minimum absolute atomic E-state index is 0.0469. The van der Waals surface area contributed by atoms with Crippen molar-refractivity contribution in [1.82, 2.24) is 10.6 Å². The van der Waals surface area contributed by atoms with Gasteiger partial charge in [-0.3, -0.25) is 29.0 Å². The lowest BCUT2D eigenvalue weighted by Crippen LogP contribution is -2.53. The van der Waals surface area contributed by atoms with Gasteiger partial charge < -0.3 is 26.6 Å². The fraction of sp³-hybridized carbons (Fsp3) is 0.310. The van der Waals surface area contributed by atoms with Crippen molar-refractivity contribution in [3.8, 4) is 11.1 Å². The first kappa shape index (κ1) is 32.7. The number of hydrogen-bond donors (Lipinski definition) is 5. The molecule has 12 heteroatoms. The van der Waals surface area contributed by atoms with Gasteiger partial charge in [-0.1, -0.05) is 53.6 Å². The van der Waals surface area contributed by atoms with E-state index in [-0.39, 0.29) is 12.8 Å². The summed E-state index contributed by atoms with van der Waals surface area (Å²) in [6, 6.07) is 12.5. The predicted octanol–water partition coefficient (Wildman–Crippen LogP) is 2.95. The highest BCUT2D eigenvalue weighted by molar-refractivity contribution is 6.30. The third kappa shape index (κ3) is 11.2. The number of aliphatic imine (C=N–C) groups is 1. The van der Waals surface area contributed by atoms with Gasteiger partial charge in [-0.2, -0.15) is 0 Å². The van der Waals surface area contributed by atoms with E-state index in [0.29, 0.717) is 17.2 Å². The molecule has 2 atom stereocenters. The Morgan fingerprint density at radius 2 is 1.61 bits per heavy atom. The summed E-state index contributed by atoms with van der Waals surface area (Å²) >= 11 is 6.09. The monoisotopic (exact) mass is 584 g/mol. The summed E-state index contributed by atoms with van der Waals surface area (Å²) < 4.78 is 0. The zero-order valence-corrected chi connectivity index (χ0v) is 23.5. The van der Waals surface area contributed by atoms with Gasteiger partial charge in [0.1, 0.15) is 12.1 Å². The summed E-state index contributed by atoms with van der Waals surface area (Å²) in [5.41, 5.74) is 9.58. The summed E-state index contributed by atoms with van der Waals surface area (Å²) in [5, 5.41) is 23.2. The third-order valence-corrected chi connectivity index (χ3v) is 6.28. The lowest BCUT2D eigenvalue weighted by Gasteiger charge is -2.20. The molecule has 41 heavy (non-hydrogen) atoms. The lowest BCUT2D eigenvalue weighted by atomic mass is 10.0. The molecule has 0 aliphatic rings. The molecule has 3 amide bonds. The molecule has 0 spiro atoms. The second kappa shape index (κ2) is 15.9. The van der Waals surface area contributed by atoms with E-state index >= 15 is 0 Å². The molecule has 11 nitrogen and oxygen atoms in total. The second-order valence-electron chi connectivity index (χ2n) is 9.30. The highest BCUT2D eigenvalue weighted by Crippen LogP contribution is 2.23. The molecule has 0 aromatic heterocycles. The molecule has 0 saturated carbocycles. The number of allylic oxidation sites excluding steroid dienone is 2. The molecule has 0 unspecified atom stereocenters. The molecule has 0 heterocycles. The molecule has 0 aliphatic heterocycles. The number of nitrogens with two attached hydrogens (primary N) is 1. The van der Waals surface area contributed by atoms with Gasteiger partial charge in [-0.05, 0) is 54.7 Å². The number of rotatable bonds is 15. The standard InChI is InChI=1S/C29H33ClN4O7/c1-17(14-23(32-2)19-9-7-18(8-10-19)20-4-3-5-21(30)15-20)6-12-25(35)33-24(16-27(38)39)29(41)34-22(28(31)40)11-13-26(36)37/h3-5,7-10,14-15,22,24H,6,11-13,16H2,1-2H3,(H2,31,40)(H,33,35)(H,34,41)(H,36,37)(H,38,39)/b17-14+,32-23+/t22-,24-/m0/s1. The van der Waals surface area contributed by atoms with E-state index in [2.05, 4.69) is 15.6 Å². The molecule has 0 fully saturated rings. The van der Waals surface area contributed by atoms with Crippen LogP contribution in [0.15, 0.2) is 65.2 Å². The number of aliphatic carboxylic acids is 2. The number of halogens is 1. The van der Waals surface area contributed by atoms with E-state index in [4.69, 9.17) is 22.4 Å². The maximum atomic E-state index is 12.6. The second-order valence-corrected chi connectivity index (χ2v) is 9.74. The van der Waals surface area contributed by atoms with Crippen LogP contribution in [0.25, 0.3) is 11.1 Å². The van der Waals surface area contributed by atoms with E-state index in [9.17, 15) is 29.1 Å². The van der Waals surface area contributed by atoms with Gasteiger partial charge >= 0.3 is 11.9 Å². The summed E-state index contributed by atoms with van der Waals surface area (Å²) in [7, 11) is 1.65. The number of benzene rings is 2. The molecule has 2 aromatic rings. The molecule has 6 N–H and O–H groups in total. The largest absolute Gasteiger partial charge is 0.481 e. The van der Waals surface area contributed by atoms with Gasteiger partial charge in [0, 0.05) is 24.9 Å². The molecule has 0 bridgehead atoms. The van der Waals surface area contributed by atoms with Crippen LogP contribution in [-0.4, -0.2) is 64.7 Å². The summed E-state index contributed by atoms with van der Waals surface area (Å²) in [6.07, 6.45) is 0.630. The van der Waals surface area contributed by atoms with Crippen molar-refractivity contribution < 1.29 is 34.2 Å². The highest BCUT2D eigenvalue weighted by atomic mass is 35.5. The van der Waals surface area contributed by atoms with Crippen LogP contribution in [0.4, 0.5) is 0 Å². The van der Waals surface area contributed by atoms with E-state index in [1.807, 2.05) is 55.5 Å². The summed E-state index contributed by atoms with van der Waals surface area (Å²) in [4.78, 5) is 63.2. The van der Waals surface area contributed by atoms with Crippen molar-refractivity contribution in [2.24, 2.45) is 10.7 Å². The molecule has 0 aliphatic carbocycles. The Kier molecular flexibility index (Phi) is 12.7. The van der Waals surface area contributed by atoms with E-state index in [1.54, 1.807) is 13.1 Å². The van der Waals surface area contributed by atoms with Crippen LogP contribution in [0.3, 0.4) is 0 Å². The number of carbonyl (C=O) groups is 5. The zero-order valence-electron chi connectivity index (χ0n) is 22.7. The first-order chi connectivity index (χ1) is 19.4. The first-order valence-corrected chi connectivity index (χ1v) is 13.1. The molecular weight excluding hydrogens is 552 g/mol.